The van der Waals surface area contributed by atoms with E-state index >= 15 is 0 Å². The van der Waals surface area contributed by atoms with Crippen LogP contribution in [-0.2, 0) is 16.3 Å². The van der Waals surface area contributed by atoms with Crippen LogP contribution in [0.25, 0.3) is 0 Å². The van der Waals surface area contributed by atoms with E-state index in [2.05, 4.69) is 0 Å². The van der Waals surface area contributed by atoms with Crippen molar-refractivity contribution in [3.8, 4) is 0 Å². The molecule has 0 aliphatic carbocycles. The maximum Gasteiger partial charge on any atom is 0.273 e. The van der Waals surface area contributed by atoms with Crippen molar-refractivity contribution in [1.82, 2.24) is 0 Å². The topological polar surface area (TPSA) is 103 Å². The van der Waals surface area contributed by atoms with Crippen molar-refractivity contribution in [1.29, 1.82) is 0 Å². The Morgan fingerprint density at radius 1 is 1.41 bits per heavy atom. The molecule has 0 heterocycles. The Bertz CT molecular complexity index is 525. The van der Waals surface area contributed by atoms with Gasteiger partial charge >= 0.3 is 0 Å². The standard InChI is InChI=1S/C10H14N2O4S/c1-17(15,16)9-5-4-8(3-2-6-11)10(7-9)12(13)14/h4-5,7H,2-3,6,11H2,1H3. The monoisotopic (exact) mass is 258 g/mol. The van der Waals surface area contributed by atoms with Crippen molar-refractivity contribution in [2.45, 2.75) is 17.7 Å². The molecule has 0 spiro atoms. The van der Waals surface area contributed by atoms with Crippen LogP contribution in [0.1, 0.15) is 12.0 Å². The van der Waals surface area contributed by atoms with Crippen LogP contribution in [0.5, 0.6) is 0 Å². The minimum atomic E-state index is -3.43. The molecule has 0 aliphatic heterocycles. The van der Waals surface area contributed by atoms with Crippen molar-refractivity contribution >= 4 is 15.5 Å². The first-order valence-electron chi connectivity index (χ1n) is 5.03. The Morgan fingerprint density at radius 3 is 2.53 bits per heavy atom. The van der Waals surface area contributed by atoms with E-state index < -0.39 is 14.8 Å². The highest BCUT2D eigenvalue weighted by Crippen LogP contribution is 2.24. The zero-order valence-electron chi connectivity index (χ0n) is 9.42. The van der Waals surface area contributed by atoms with Crippen molar-refractivity contribution in [3.63, 3.8) is 0 Å². The second-order valence-corrected chi connectivity index (χ2v) is 5.73. The Kier molecular flexibility index (Phi) is 4.19. The van der Waals surface area contributed by atoms with Crippen LogP contribution in [0.15, 0.2) is 23.1 Å². The fourth-order valence-electron chi connectivity index (χ4n) is 1.45. The Labute approximate surface area is 99.5 Å². The van der Waals surface area contributed by atoms with Gasteiger partial charge in [0.05, 0.1) is 9.82 Å². The van der Waals surface area contributed by atoms with Crippen LogP contribution in [0.2, 0.25) is 0 Å². The normalized spacial score (nSPS) is 11.4. The molecular weight excluding hydrogens is 244 g/mol. The molecule has 1 aromatic rings. The lowest BCUT2D eigenvalue weighted by atomic mass is 10.1. The lowest BCUT2D eigenvalue weighted by Crippen LogP contribution is -2.04. The lowest BCUT2D eigenvalue weighted by Gasteiger charge is -2.04. The van der Waals surface area contributed by atoms with E-state index in [1.54, 1.807) is 0 Å². The Balaban J connectivity index is 3.22. The molecule has 0 unspecified atom stereocenters. The van der Waals surface area contributed by atoms with Crippen LogP contribution in [0.3, 0.4) is 0 Å². The second-order valence-electron chi connectivity index (χ2n) is 3.71. The molecule has 7 heteroatoms. The number of rotatable bonds is 5. The zero-order valence-corrected chi connectivity index (χ0v) is 10.2. The highest BCUT2D eigenvalue weighted by molar-refractivity contribution is 7.90. The number of aryl methyl sites for hydroxylation is 1. The van der Waals surface area contributed by atoms with Gasteiger partial charge < -0.3 is 5.73 Å². The molecule has 0 atom stereocenters. The van der Waals surface area contributed by atoms with E-state index in [9.17, 15) is 18.5 Å². The quantitative estimate of drug-likeness (QED) is 0.624. The van der Waals surface area contributed by atoms with Gasteiger partial charge in [-0.25, -0.2) is 8.42 Å². The summed E-state index contributed by atoms with van der Waals surface area (Å²) in [6.45, 7) is 0.435. The summed E-state index contributed by atoms with van der Waals surface area (Å²) in [7, 11) is -3.43. The van der Waals surface area contributed by atoms with Gasteiger partial charge in [0, 0.05) is 17.9 Å². The molecule has 0 bridgehead atoms. The number of hydrogen-bond acceptors (Lipinski definition) is 5. The number of sulfone groups is 1. The van der Waals surface area contributed by atoms with E-state index in [4.69, 9.17) is 5.73 Å². The molecule has 0 saturated carbocycles. The first-order valence-corrected chi connectivity index (χ1v) is 6.93. The molecule has 0 aromatic heterocycles. The van der Waals surface area contributed by atoms with Crippen molar-refractivity contribution in [2.75, 3.05) is 12.8 Å². The average molecular weight is 258 g/mol. The van der Waals surface area contributed by atoms with Gasteiger partial charge in [0.2, 0.25) is 0 Å². The minimum Gasteiger partial charge on any atom is -0.330 e. The number of nitrogens with two attached hydrogens (primary N) is 1. The van der Waals surface area contributed by atoms with E-state index in [1.165, 1.54) is 12.1 Å². The molecule has 6 nitrogen and oxygen atoms in total. The molecule has 1 rings (SSSR count). The van der Waals surface area contributed by atoms with Gasteiger partial charge in [-0.15, -0.1) is 0 Å². The van der Waals surface area contributed by atoms with Crippen LogP contribution >= 0.6 is 0 Å². The summed E-state index contributed by atoms with van der Waals surface area (Å²) in [6.07, 6.45) is 2.11. The first-order chi connectivity index (χ1) is 7.86. The maximum absolute atomic E-state index is 11.3. The van der Waals surface area contributed by atoms with Crippen LogP contribution in [-0.4, -0.2) is 26.1 Å². The third kappa shape index (κ3) is 3.50. The van der Waals surface area contributed by atoms with Crippen molar-refractivity contribution in [3.05, 3.63) is 33.9 Å². The largest absolute Gasteiger partial charge is 0.330 e. The fraction of sp³-hybridized carbons (Fsp3) is 0.400. The van der Waals surface area contributed by atoms with Crippen LogP contribution in [0.4, 0.5) is 5.69 Å². The molecule has 0 radical (unpaired) electrons. The summed E-state index contributed by atoms with van der Waals surface area (Å²) in [4.78, 5) is 10.2. The van der Waals surface area contributed by atoms with Gasteiger partial charge in [0.25, 0.3) is 5.69 Å². The first kappa shape index (κ1) is 13.6. The molecule has 17 heavy (non-hydrogen) atoms. The lowest BCUT2D eigenvalue weighted by molar-refractivity contribution is -0.385. The summed E-state index contributed by atoms with van der Waals surface area (Å²) in [6, 6.07) is 3.96. The summed E-state index contributed by atoms with van der Waals surface area (Å²) >= 11 is 0. The van der Waals surface area contributed by atoms with Gasteiger partial charge in [-0.3, -0.25) is 10.1 Å². The Hall–Kier alpha value is -1.47. The molecule has 0 saturated heterocycles. The van der Waals surface area contributed by atoms with Gasteiger partial charge in [-0.1, -0.05) is 6.07 Å². The smallest absolute Gasteiger partial charge is 0.273 e. The van der Waals surface area contributed by atoms with Crippen LogP contribution < -0.4 is 5.73 Å². The van der Waals surface area contributed by atoms with Gasteiger partial charge in [-0.2, -0.15) is 0 Å². The summed E-state index contributed by atoms with van der Waals surface area (Å²) in [5, 5.41) is 10.8. The van der Waals surface area contributed by atoms with Gasteiger partial charge in [0.1, 0.15) is 0 Å². The summed E-state index contributed by atoms with van der Waals surface area (Å²) in [5.41, 5.74) is 5.68. The molecule has 94 valence electrons. The minimum absolute atomic E-state index is 0.0410. The highest BCUT2D eigenvalue weighted by Gasteiger charge is 2.17. The molecule has 2 N–H and O–H groups in total. The summed E-state index contributed by atoms with van der Waals surface area (Å²) < 4.78 is 22.6. The fourth-order valence-corrected chi connectivity index (χ4v) is 2.09. The third-order valence-corrected chi connectivity index (χ3v) is 3.44. The van der Waals surface area contributed by atoms with Crippen LogP contribution in [0, 0.1) is 10.1 Å². The maximum atomic E-state index is 11.3. The molecular formula is C10H14N2O4S. The highest BCUT2D eigenvalue weighted by atomic mass is 32.2. The number of nitrogens with zero attached hydrogens (tertiary/aromatic N) is 1. The molecule has 0 aliphatic rings. The van der Waals surface area contributed by atoms with E-state index in [0.717, 1.165) is 12.3 Å². The number of hydrogen-bond donors (Lipinski definition) is 1. The molecule has 1 aromatic carbocycles. The van der Waals surface area contributed by atoms with Gasteiger partial charge in [0.15, 0.2) is 9.84 Å². The number of nitro benzene ring substituents is 1. The van der Waals surface area contributed by atoms with Gasteiger partial charge in [-0.05, 0) is 25.5 Å². The predicted molar refractivity (Wildman–Crippen MR) is 63.6 cm³/mol. The molecule has 0 amide bonds. The second kappa shape index (κ2) is 5.24. The van der Waals surface area contributed by atoms with Crippen molar-refractivity contribution < 1.29 is 13.3 Å². The molecule has 0 fully saturated rings. The number of nitro groups is 1. The SMILES string of the molecule is CS(=O)(=O)c1ccc(CCCN)c([N+](=O)[O-])c1. The van der Waals surface area contributed by atoms with E-state index in [1.807, 2.05) is 0 Å². The summed E-state index contributed by atoms with van der Waals surface area (Å²) in [5.74, 6) is 0. The van der Waals surface area contributed by atoms with E-state index in [0.29, 0.717) is 24.9 Å². The Morgan fingerprint density at radius 2 is 2.06 bits per heavy atom. The van der Waals surface area contributed by atoms with Crippen molar-refractivity contribution in [2.24, 2.45) is 5.73 Å². The zero-order chi connectivity index (χ0) is 13.1. The van der Waals surface area contributed by atoms with E-state index in [-0.39, 0.29) is 10.6 Å². The average Bonchev–Trinajstić information content (AvgIpc) is 2.24. The third-order valence-electron chi connectivity index (χ3n) is 2.33. The number of benzene rings is 1. The predicted octanol–water partition coefficient (Wildman–Crippen LogP) is 0.890.